The number of carbonyl (C=O) groups is 1. The Kier molecular flexibility index (Phi) is 10.1. The van der Waals surface area contributed by atoms with Crippen LogP contribution in [0.3, 0.4) is 0 Å². The van der Waals surface area contributed by atoms with Crippen molar-refractivity contribution in [1.29, 1.82) is 0 Å². The average molecular weight is 696 g/mol. The highest BCUT2D eigenvalue weighted by Crippen LogP contribution is 2.48. The fourth-order valence-electron chi connectivity index (χ4n) is 7.09. The topological polar surface area (TPSA) is 99.8 Å². The minimum Gasteiger partial charge on any atom is -0.444 e. The van der Waals surface area contributed by atoms with Crippen molar-refractivity contribution >= 4 is 28.7 Å². The van der Waals surface area contributed by atoms with Gasteiger partial charge in [-0.05, 0) is 103 Å². The molecule has 1 aliphatic heterocycles. The molecule has 0 spiro atoms. The van der Waals surface area contributed by atoms with E-state index < -0.39 is 11.4 Å². The molecular weight excluding hydrogens is 649 g/mol. The second-order valence-electron chi connectivity index (χ2n) is 14.8. The Hall–Kier alpha value is -3.58. The first-order valence-electron chi connectivity index (χ1n) is 17.0. The molecule has 0 radical (unpaired) electrons. The number of ether oxygens (including phenoxy) is 3. The first kappa shape index (κ1) is 35.3. The molecule has 2 fully saturated rings. The molecule has 49 heavy (non-hydrogen) atoms. The molecule has 0 N–H and O–H groups in total. The predicted molar refractivity (Wildman–Crippen MR) is 186 cm³/mol. The Bertz CT molecular complexity index is 1770. The first-order chi connectivity index (χ1) is 23.2. The van der Waals surface area contributed by atoms with Crippen LogP contribution in [0.15, 0.2) is 48.9 Å². The molecule has 4 aromatic rings. The van der Waals surface area contributed by atoms with E-state index in [-0.39, 0.29) is 41.4 Å². The van der Waals surface area contributed by atoms with Gasteiger partial charge in [-0.1, -0.05) is 12.1 Å². The minimum absolute atomic E-state index is 0.0368. The van der Waals surface area contributed by atoms with Crippen LogP contribution in [0, 0.1) is 11.7 Å². The number of halogens is 2. The summed E-state index contributed by atoms with van der Waals surface area (Å²) in [5, 5.41) is 5.71. The van der Waals surface area contributed by atoms with Gasteiger partial charge in [0.05, 0.1) is 17.8 Å². The fourth-order valence-corrected chi connectivity index (χ4v) is 7.22. The second kappa shape index (κ2) is 14.0. The third-order valence-corrected chi connectivity index (χ3v) is 9.37. The zero-order valence-electron chi connectivity index (χ0n) is 29.4. The van der Waals surface area contributed by atoms with Gasteiger partial charge in [0.25, 0.3) is 0 Å². The maximum absolute atomic E-state index is 13.4. The van der Waals surface area contributed by atoms with Crippen molar-refractivity contribution in [1.82, 2.24) is 34.1 Å². The van der Waals surface area contributed by atoms with Crippen molar-refractivity contribution in [2.24, 2.45) is 13.0 Å². The molecule has 0 unspecified atom stereocenters. The molecule has 264 valence electrons. The van der Waals surface area contributed by atoms with Crippen LogP contribution < -0.4 is 0 Å². The van der Waals surface area contributed by atoms with Crippen molar-refractivity contribution in [3.63, 3.8) is 0 Å². The number of aryl methyl sites for hydroxylation is 1. The molecule has 11 nitrogen and oxygen atoms in total. The predicted octanol–water partition coefficient (Wildman–Crippen LogP) is 6.51. The molecule has 13 heteroatoms. The molecule has 6 rings (SSSR count). The van der Waals surface area contributed by atoms with Gasteiger partial charge in [-0.25, -0.2) is 14.2 Å². The molecule has 2 aliphatic rings. The lowest BCUT2D eigenvalue weighted by atomic mass is 10.0. The quantitative estimate of drug-likeness (QED) is 0.164. The number of rotatable bonds is 11. The van der Waals surface area contributed by atoms with Crippen LogP contribution in [0.4, 0.5) is 9.18 Å². The lowest BCUT2D eigenvalue weighted by molar-refractivity contribution is -0.160. The molecule has 3 aromatic heterocycles. The van der Waals surface area contributed by atoms with Gasteiger partial charge in [0.2, 0.25) is 5.28 Å². The number of hydrogen-bond acceptors (Lipinski definition) is 8. The summed E-state index contributed by atoms with van der Waals surface area (Å²) in [5.41, 5.74) is 2.89. The number of hydrogen-bond donors (Lipinski definition) is 0. The maximum atomic E-state index is 13.4. The number of fused-ring (bicyclic) bond motifs is 2. The Morgan fingerprint density at radius 3 is 2.55 bits per heavy atom. The Labute approximate surface area is 292 Å². The fraction of sp³-hybridized carbons (Fsp3) is 0.556. The number of aromatic nitrogens is 5. The van der Waals surface area contributed by atoms with Crippen LogP contribution in [0.1, 0.15) is 59.1 Å². The van der Waals surface area contributed by atoms with E-state index in [9.17, 15) is 9.18 Å². The summed E-state index contributed by atoms with van der Waals surface area (Å²) in [5.74, 6) is -0.804. The highest BCUT2D eigenvalue weighted by Gasteiger charge is 2.55. The van der Waals surface area contributed by atoms with Crippen LogP contribution in [0.5, 0.6) is 0 Å². The van der Waals surface area contributed by atoms with Crippen LogP contribution >= 0.6 is 11.6 Å². The van der Waals surface area contributed by atoms with Gasteiger partial charge in [0, 0.05) is 62.1 Å². The lowest BCUT2D eigenvalue weighted by Gasteiger charge is -2.29. The molecule has 1 aromatic carbocycles. The maximum Gasteiger partial charge on any atom is 0.410 e. The average Bonchev–Trinajstić information content (AvgIpc) is 3.76. The Balaban J connectivity index is 1.15. The van der Waals surface area contributed by atoms with E-state index in [0.29, 0.717) is 19.5 Å². The van der Waals surface area contributed by atoms with Crippen molar-refractivity contribution < 1.29 is 23.4 Å². The van der Waals surface area contributed by atoms with E-state index in [1.54, 1.807) is 27.9 Å². The van der Waals surface area contributed by atoms with Gasteiger partial charge in [-0.2, -0.15) is 10.1 Å². The van der Waals surface area contributed by atoms with E-state index in [4.69, 9.17) is 25.8 Å². The smallest absolute Gasteiger partial charge is 0.410 e. The summed E-state index contributed by atoms with van der Waals surface area (Å²) in [6.07, 6.45) is 7.35. The first-order valence-corrected chi connectivity index (χ1v) is 17.3. The summed E-state index contributed by atoms with van der Waals surface area (Å²) < 4.78 is 36.2. The van der Waals surface area contributed by atoms with Crippen LogP contribution in [0.2, 0.25) is 5.28 Å². The van der Waals surface area contributed by atoms with Gasteiger partial charge < -0.3 is 28.6 Å². The number of nitrogens with zero attached hydrogens (tertiary/aromatic N) is 7. The standard InChI is InChI=1S/C36H47ClFN7O4/c1-35(2,3)49-34(46)44(18-13-23-9-11-25(38)12-10-23)16-8-15-42(6)21-24-19-29(31-30(24)47-36(4,5)48-31)45-22-27(28-14-17-43(7)41-28)26-20-39-33(37)40-32(26)45/h9-12,14,17,20,22,24,29-31H,8,13,15-16,18-19,21H2,1-7H3/t24-,29-,30-,31+/m1/s1. The molecule has 1 aliphatic carbocycles. The van der Waals surface area contributed by atoms with Gasteiger partial charge in [0.15, 0.2) is 5.79 Å². The summed E-state index contributed by atoms with van der Waals surface area (Å²) in [6.45, 7) is 12.1. The van der Waals surface area contributed by atoms with E-state index in [0.717, 1.165) is 53.8 Å². The molecular formula is C36H47ClFN7O4. The van der Waals surface area contributed by atoms with Gasteiger partial charge in [0.1, 0.15) is 23.2 Å². The van der Waals surface area contributed by atoms with Crippen LogP contribution in [-0.4, -0.2) is 97.0 Å². The molecule has 1 saturated carbocycles. The summed E-state index contributed by atoms with van der Waals surface area (Å²) in [4.78, 5) is 26.1. The van der Waals surface area contributed by atoms with E-state index >= 15 is 0 Å². The summed E-state index contributed by atoms with van der Waals surface area (Å²) in [7, 11) is 4.00. The zero-order chi connectivity index (χ0) is 35.1. The van der Waals surface area contributed by atoms with Crippen molar-refractivity contribution in [3.8, 4) is 11.3 Å². The van der Waals surface area contributed by atoms with Crippen LogP contribution in [-0.2, 0) is 27.7 Å². The molecule has 1 saturated heterocycles. The van der Waals surface area contributed by atoms with Gasteiger partial charge in [-0.15, -0.1) is 0 Å². The largest absolute Gasteiger partial charge is 0.444 e. The van der Waals surface area contributed by atoms with Gasteiger partial charge >= 0.3 is 6.09 Å². The van der Waals surface area contributed by atoms with Gasteiger partial charge in [-0.3, -0.25) is 4.68 Å². The highest BCUT2D eigenvalue weighted by molar-refractivity contribution is 6.28. The summed E-state index contributed by atoms with van der Waals surface area (Å²) in [6, 6.07) is 8.35. The molecule has 0 bridgehead atoms. The monoisotopic (exact) mass is 695 g/mol. The molecule has 1 amide bonds. The van der Waals surface area contributed by atoms with E-state index in [2.05, 4.69) is 37.8 Å². The zero-order valence-corrected chi connectivity index (χ0v) is 30.2. The third-order valence-electron chi connectivity index (χ3n) is 9.19. The van der Waals surface area contributed by atoms with Crippen molar-refractivity contribution in [3.05, 3.63) is 65.6 Å². The SMILES string of the molecule is CN(CCCN(CCc1ccc(F)cc1)C(=O)OC(C)(C)C)C[C@H]1C[C@@H](n2cc(-c3ccn(C)n3)c3cnc(Cl)nc32)[C@@H]2OC(C)(C)O[C@H]12. The normalized spacial score (nSPS) is 21.8. The van der Waals surface area contributed by atoms with Crippen molar-refractivity contribution in [2.45, 2.75) is 83.5 Å². The van der Waals surface area contributed by atoms with Crippen molar-refractivity contribution in [2.75, 3.05) is 33.2 Å². The Morgan fingerprint density at radius 2 is 1.86 bits per heavy atom. The third kappa shape index (κ3) is 8.25. The molecule has 4 heterocycles. The highest BCUT2D eigenvalue weighted by atomic mass is 35.5. The van der Waals surface area contributed by atoms with E-state index in [1.165, 1.54) is 12.1 Å². The molecule has 4 atom stereocenters. The lowest BCUT2D eigenvalue weighted by Crippen LogP contribution is -2.40. The van der Waals surface area contributed by atoms with E-state index in [1.807, 2.05) is 53.9 Å². The van der Waals surface area contributed by atoms with Crippen LogP contribution in [0.25, 0.3) is 22.3 Å². The second-order valence-corrected chi connectivity index (χ2v) is 15.1. The minimum atomic E-state index is -0.720. The Morgan fingerprint density at radius 1 is 1.12 bits per heavy atom. The number of amides is 1. The summed E-state index contributed by atoms with van der Waals surface area (Å²) >= 11 is 6.33. The number of carbonyl (C=O) groups excluding carboxylic acids is 1. The number of benzene rings is 1.